The van der Waals surface area contributed by atoms with Gasteiger partial charge in [0.1, 0.15) is 0 Å². The Morgan fingerprint density at radius 2 is 1.39 bits per heavy atom. The summed E-state index contributed by atoms with van der Waals surface area (Å²) in [5.41, 5.74) is 6.09. The zero-order valence-corrected chi connectivity index (χ0v) is 11.6. The van der Waals surface area contributed by atoms with E-state index in [0.717, 1.165) is 32.1 Å². The second kappa shape index (κ2) is 7.62. The molecule has 2 saturated heterocycles. The molecule has 0 aliphatic carbocycles. The van der Waals surface area contributed by atoms with Gasteiger partial charge in [0.25, 0.3) is 0 Å². The second-order valence-electron chi connectivity index (χ2n) is 5.54. The number of piperidine rings is 1. The summed E-state index contributed by atoms with van der Waals surface area (Å²) in [6, 6.07) is 0. The zero-order valence-electron chi connectivity index (χ0n) is 11.6. The van der Waals surface area contributed by atoms with Crippen LogP contribution in [0.2, 0.25) is 0 Å². The number of nitrogens with zero attached hydrogens (tertiary/aromatic N) is 3. The van der Waals surface area contributed by atoms with E-state index < -0.39 is 0 Å². The van der Waals surface area contributed by atoms with Gasteiger partial charge >= 0.3 is 0 Å². The van der Waals surface area contributed by atoms with Crippen molar-refractivity contribution in [1.82, 2.24) is 9.80 Å². The second-order valence-corrected chi connectivity index (χ2v) is 5.54. The number of guanidine groups is 1. The summed E-state index contributed by atoms with van der Waals surface area (Å²) in [5.74, 6) is 0.772. The van der Waals surface area contributed by atoms with Crippen LogP contribution in [0.25, 0.3) is 0 Å². The number of aliphatic imine (C=N–C) groups is 1. The van der Waals surface area contributed by atoms with E-state index in [1.54, 1.807) is 0 Å². The lowest BCUT2D eigenvalue weighted by atomic mass is 10.1. The molecule has 0 atom stereocenters. The van der Waals surface area contributed by atoms with Gasteiger partial charge in [-0.05, 0) is 38.8 Å². The number of likely N-dealkylation sites (tertiary alicyclic amines) is 2. The lowest BCUT2D eigenvalue weighted by molar-refractivity contribution is 0.235. The average molecular weight is 252 g/mol. The van der Waals surface area contributed by atoms with Crippen LogP contribution in [0.1, 0.15) is 44.9 Å². The molecule has 0 radical (unpaired) electrons. The molecule has 2 N–H and O–H groups in total. The fraction of sp³-hybridized carbons (Fsp3) is 0.929. The van der Waals surface area contributed by atoms with Crippen LogP contribution in [0.5, 0.6) is 0 Å². The van der Waals surface area contributed by atoms with Crippen molar-refractivity contribution in [3.63, 3.8) is 0 Å². The fourth-order valence-electron chi connectivity index (χ4n) is 2.89. The Morgan fingerprint density at radius 3 is 2.06 bits per heavy atom. The largest absolute Gasteiger partial charge is 0.370 e. The monoisotopic (exact) mass is 252 g/mol. The first-order valence-electron chi connectivity index (χ1n) is 7.63. The number of hydrogen-bond acceptors (Lipinski definition) is 2. The Labute approximate surface area is 111 Å². The first-order chi connectivity index (χ1) is 8.86. The highest BCUT2D eigenvalue weighted by Crippen LogP contribution is 2.10. The maximum Gasteiger partial charge on any atom is 0.191 e. The molecule has 18 heavy (non-hydrogen) atoms. The summed E-state index contributed by atoms with van der Waals surface area (Å²) in [6.07, 6.45) is 9.33. The maximum atomic E-state index is 6.09. The molecular formula is C14H28N4. The molecule has 0 saturated carbocycles. The molecule has 4 heteroatoms. The zero-order chi connectivity index (χ0) is 12.6. The summed E-state index contributed by atoms with van der Waals surface area (Å²) in [4.78, 5) is 9.35. The highest BCUT2D eigenvalue weighted by Gasteiger charge is 2.12. The van der Waals surface area contributed by atoms with E-state index >= 15 is 0 Å². The Kier molecular flexibility index (Phi) is 5.78. The van der Waals surface area contributed by atoms with Gasteiger partial charge in [-0.2, -0.15) is 0 Å². The minimum Gasteiger partial charge on any atom is -0.370 e. The smallest absolute Gasteiger partial charge is 0.191 e. The third kappa shape index (κ3) is 4.48. The molecule has 2 rings (SSSR count). The van der Waals surface area contributed by atoms with Gasteiger partial charge in [0, 0.05) is 19.6 Å². The maximum absolute atomic E-state index is 6.09. The molecule has 0 aromatic carbocycles. The van der Waals surface area contributed by atoms with E-state index in [9.17, 15) is 0 Å². The number of rotatable bonds is 3. The van der Waals surface area contributed by atoms with Crippen LogP contribution in [0.4, 0.5) is 0 Å². The minimum atomic E-state index is 0.772. The molecule has 0 unspecified atom stereocenters. The van der Waals surface area contributed by atoms with Crippen molar-refractivity contribution in [3.05, 3.63) is 0 Å². The SMILES string of the molecule is NC(=NCCN1CCCCC1)N1CCCCCC1. The van der Waals surface area contributed by atoms with Crippen molar-refractivity contribution >= 4 is 5.96 Å². The van der Waals surface area contributed by atoms with Gasteiger partial charge in [-0.1, -0.05) is 19.3 Å². The van der Waals surface area contributed by atoms with Crippen LogP contribution in [0.15, 0.2) is 4.99 Å². The highest BCUT2D eigenvalue weighted by atomic mass is 15.3. The van der Waals surface area contributed by atoms with Crippen molar-refractivity contribution in [2.75, 3.05) is 39.3 Å². The van der Waals surface area contributed by atoms with Gasteiger partial charge < -0.3 is 15.5 Å². The van der Waals surface area contributed by atoms with E-state index in [4.69, 9.17) is 5.73 Å². The van der Waals surface area contributed by atoms with Crippen LogP contribution < -0.4 is 5.73 Å². The van der Waals surface area contributed by atoms with Crippen LogP contribution in [-0.2, 0) is 0 Å². The predicted octanol–water partition coefficient (Wildman–Crippen LogP) is 1.66. The Hall–Kier alpha value is -0.770. The fourth-order valence-corrected chi connectivity index (χ4v) is 2.89. The summed E-state index contributed by atoms with van der Waals surface area (Å²) in [7, 11) is 0. The van der Waals surface area contributed by atoms with Gasteiger partial charge in [-0.15, -0.1) is 0 Å². The van der Waals surface area contributed by atoms with Gasteiger partial charge in [0.15, 0.2) is 5.96 Å². The Bertz CT molecular complexity index is 251. The van der Waals surface area contributed by atoms with E-state index in [2.05, 4.69) is 14.8 Å². The van der Waals surface area contributed by atoms with Crippen LogP contribution in [0, 0.1) is 0 Å². The van der Waals surface area contributed by atoms with Crippen molar-refractivity contribution in [3.8, 4) is 0 Å². The summed E-state index contributed by atoms with van der Waals surface area (Å²) < 4.78 is 0. The topological polar surface area (TPSA) is 44.9 Å². The first-order valence-corrected chi connectivity index (χ1v) is 7.63. The van der Waals surface area contributed by atoms with Gasteiger partial charge in [-0.25, -0.2) is 0 Å². The third-order valence-corrected chi connectivity index (χ3v) is 4.07. The molecule has 0 aromatic rings. The molecule has 2 heterocycles. The molecule has 2 fully saturated rings. The molecule has 0 amide bonds. The summed E-state index contributed by atoms with van der Waals surface area (Å²) in [6.45, 7) is 6.63. The Morgan fingerprint density at radius 1 is 0.833 bits per heavy atom. The predicted molar refractivity (Wildman–Crippen MR) is 76.8 cm³/mol. The van der Waals surface area contributed by atoms with E-state index in [1.807, 2.05) is 0 Å². The minimum absolute atomic E-state index is 0.772. The molecular weight excluding hydrogens is 224 g/mol. The number of nitrogens with two attached hydrogens (primary N) is 1. The average Bonchev–Trinajstić information content (AvgIpc) is 2.69. The molecule has 4 nitrogen and oxygen atoms in total. The first kappa shape index (κ1) is 13.7. The number of hydrogen-bond donors (Lipinski definition) is 1. The van der Waals surface area contributed by atoms with Crippen molar-refractivity contribution in [2.24, 2.45) is 10.7 Å². The van der Waals surface area contributed by atoms with Crippen LogP contribution in [-0.4, -0.2) is 55.0 Å². The van der Waals surface area contributed by atoms with Crippen LogP contribution >= 0.6 is 0 Å². The van der Waals surface area contributed by atoms with Crippen LogP contribution in [0.3, 0.4) is 0 Å². The van der Waals surface area contributed by atoms with Gasteiger partial charge in [-0.3, -0.25) is 4.99 Å². The summed E-state index contributed by atoms with van der Waals surface area (Å²) >= 11 is 0. The normalized spacial score (nSPS) is 24.0. The molecule has 104 valence electrons. The van der Waals surface area contributed by atoms with Crippen molar-refractivity contribution in [1.29, 1.82) is 0 Å². The highest BCUT2D eigenvalue weighted by molar-refractivity contribution is 5.78. The third-order valence-electron chi connectivity index (χ3n) is 4.07. The standard InChI is InChI=1S/C14H28N4/c15-14(18-11-6-1-2-7-12-18)16-8-13-17-9-4-3-5-10-17/h1-13H2,(H2,15,16). The Balaban J connectivity index is 1.69. The molecule has 0 aromatic heterocycles. The molecule has 0 spiro atoms. The van der Waals surface area contributed by atoms with Crippen molar-refractivity contribution in [2.45, 2.75) is 44.9 Å². The quantitative estimate of drug-likeness (QED) is 0.614. The van der Waals surface area contributed by atoms with Gasteiger partial charge in [0.05, 0.1) is 6.54 Å². The molecule has 0 bridgehead atoms. The van der Waals surface area contributed by atoms with Gasteiger partial charge in [0.2, 0.25) is 0 Å². The lowest BCUT2D eigenvalue weighted by Gasteiger charge is -2.26. The van der Waals surface area contributed by atoms with Crippen molar-refractivity contribution < 1.29 is 0 Å². The van der Waals surface area contributed by atoms with E-state index in [-0.39, 0.29) is 0 Å². The molecule has 2 aliphatic rings. The van der Waals surface area contributed by atoms with E-state index in [1.165, 1.54) is 58.0 Å². The van der Waals surface area contributed by atoms with E-state index in [0.29, 0.717) is 0 Å². The lowest BCUT2D eigenvalue weighted by Crippen LogP contribution is -2.39. The summed E-state index contributed by atoms with van der Waals surface area (Å²) in [5, 5.41) is 0. The molecule has 2 aliphatic heterocycles.